The molecule has 0 amide bonds. The number of nitrogens with zero attached hydrogens (tertiary/aromatic N) is 3. The summed E-state index contributed by atoms with van der Waals surface area (Å²) in [6.07, 6.45) is 3.65. The van der Waals surface area contributed by atoms with Crippen molar-refractivity contribution in [2.75, 3.05) is 0 Å². The lowest BCUT2D eigenvalue weighted by Gasteiger charge is -2.22. The summed E-state index contributed by atoms with van der Waals surface area (Å²) in [7, 11) is 0. The predicted octanol–water partition coefficient (Wildman–Crippen LogP) is 2.63. The van der Waals surface area contributed by atoms with E-state index in [1.165, 1.54) is 6.07 Å². The molecule has 1 aromatic heterocycles. The molecule has 20 heavy (non-hydrogen) atoms. The van der Waals surface area contributed by atoms with Crippen molar-refractivity contribution >= 4 is 0 Å². The lowest BCUT2D eigenvalue weighted by molar-refractivity contribution is 0.363. The van der Waals surface area contributed by atoms with Crippen LogP contribution in [0.1, 0.15) is 31.0 Å². The van der Waals surface area contributed by atoms with Gasteiger partial charge in [-0.1, -0.05) is 6.07 Å². The fraction of sp³-hybridized carbons (Fsp3) is 0.333. The van der Waals surface area contributed by atoms with Gasteiger partial charge >= 0.3 is 0 Å². The average molecular weight is 272 g/mol. The molecule has 0 aliphatic rings. The molecular weight excluding hydrogens is 255 g/mol. The number of aromatic nitrogens is 2. The second kappa shape index (κ2) is 6.31. The zero-order chi connectivity index (χ0) is 14.5. The van der Waals surface area contributed by atoms with Crippen LogP contribution in [0.15, 0.2) is 36.7 Å². The van der Waals surface area contributed by atoms with Crippen molar-refractivity contribution in [1.29, 1.82) is 5.26 Å². The van der Waals surface area contributed by atoms with Crippen LogP contribution >= 0.6 is 0 Å². The van der Waals surface area contributed by atoms with Crippen LogP contribution in [0.5, 0.6) is 0 Å². The normalized spacial score (nSPS) is 13.7. The molecule has 2 rings (SSSR count). The first-order valence-electron chi connectivity index (χ1n) is 6.53. The molecule has 2 atom stereocenters. The SMILES string of the molecule is C[C@H](NCc1ccc(C#N)cc1F)[C@@H](C)n1cccn1. The van der Waals surface area contributed by atoms with Crippen LogP contribution in [0.3, 0.4) is 0 Å². The van der Waals surface area contributed by atoms with E-state index in [-0.39, 0.29) is 17.9 Å². The summed E-state index contributed by atoms with van der Waals surface area (Å²) in [6.45, 7) is 4.51. The van der Waals surface area contributed by atoms with Gasteiger partial charge in [-0.15, -0.1) is 0 Å². The van der Waals surface area contributed by atoms with E-state index in [2.05, 4.69) is 17.3 Å². The molecule has 104 valence electrons. The smallest absolute Gasteiger partial charge is 0.129 e. The molecule has 1 heterocycles. The fourth-order valence-corrected chi connectivity index (χ4v) is 1.95. The van der Waals surface area contributed by atoms with Crippen molar-refractivity contribution in [3.05, 3.63) is 53.6 Å². The Morgan fingerprint density at radius 3 is 2.85 bits per heavy atom. The van der Waals surface area contributed by atoms with Crippen LogP contribution in [0.25, 0.3) is 0 Å². The van der Waals surface area contributed by atoms with Crippen LogP contribution < -0.4 is 5.32 Å². The number of halogens is 1. The van der Waals surface area contributed by atoms with Crippen LogP contribution in [-0.2, 0) is 6.54 Å². The first-order chi connectivity index (χ1) is 9.61. The van der Waals surface area contributed by atoms with Crippen molar-refractivity contribution < 1.29 is 4.39 Å². The largest absolute Gasteiger partial charge is 0.308 e. The number of hydrogen-bond acceptors (Lipinski definition) is 3. The minimum absolute atomic E-state index is 0.143. The Morgan fingerprint density at radius 1 is 1.45 bits per heavy atom. The van der Waals surface area contributed by atoms with E-state index >= 15 is 0 Å². The van der Waals surface area contributed by atoms with E-state index in [1.807, 2.05) is 29.9 Å². The summed E-state index contributed by atoms with van der Waals surface area (Å²) in [4.78, 5) is 0. The topological polar surface area (TPSA) is 53.6 Å². The Bertz CT molecular complexity index is 601. The van der Waals surface area contributed by atoms with Crippen molar-refractivity contribution in [3.63, 3.8) is 0 Å². The zero-order valence-corrected chi connectivity index (χ0v) is 11.5. The van der Waals surface area contributed by atoms with E-state index < -0.39 is 0 Å². The van der Waals surface area contributed by atoms with Crippen LogP contribution in [0.4, 0.5) is 4.39 Å². The Balaban J connectivity index is 1.97. The maximum atomic E-state index is 13.8. The zero-order valence-electron chi connectivity index (χ0n) is 11.5. The summed E-state index contributed by atoms with van der Waals surface area (Å²) in [5.74, 6) is -0.351. The molecule has 0 fully saturated rings. The Hall–Kier alpha value is -2.19. The van der Waals surface area contributed by atoms with Crippen molar-refractivity contribution in [3.8, 4) is 6.07 Å². The van der Waals surface area contributed by atoms with Gasteiger partial charge in [0.1, 0.15) is 5.82 Å². The molecule has 0 unspecified atom stereocenters. The van der Waals surface area contributed by atoms with Gasteiger partial charge in [0, 0.05) is 30.5 Å². The molecule has 0 aliphatic heterocycles. The summed E-state index contributed by atoms with van der Waals surface area (Å²) in [5.41, 5.74) is 0.896. The van der Waals surface area contributed by atoms with E-state index in [1.54, 1.807) is 18.3 Å². The molecule has 4 nitrogen and oxygen atoms in total. The summed E-state index contributed by atoms with van der Waals surface area (Å²) in [5, 5.41) is 16.2. The lowest BCUT2D eigenvalue weighted by atomic mass is 10.1. The third-order valence-electron chi connectivity index (χ3n) is 3.46. The van der Waals surface area contributed by atoms with E-state index in [9.17, 15) is 4.39 Å². The minimum Gasteiger partial charge on any atom is -0.308 e. The van der Waals surface area contributed by atoms with Crippen molar-refractivity contribution in [1.82, 2.24) is 15.1 Å². The maximum absolute atomic E-state index is 13.8. The molecule has 0 bridgehead atoms. The predicted molar refractivity (Wildman–Crippen MR) is 74.4 cm³/mol. The number of nitriles is 1. The first-order valence-corrected chi connectivity index (χ1v) is 6.53. The third-order valence-corrected chi connectivity index (χ3v) is 3.46. The van der Waals surface area contributed by atoms with Gasteiger partial charge in [0.2, 0.25) is 0 Å². The highest BCUT2D eigenvalue weighted by atomic mass is 19.1. The minimum atomic E-state index is -0.351. The Labute approximate surface area is 117 Å². The summed E-state index contributed by atoms with van der Waals surface area (Å²) >= 11 is 0. The van der Waals surface area contributed by atoms with Gasteiger partial charge in [0.15, 0.2) is 0 Å². The highest BCUT2D eigenvalue weighted by molar-refractivity contribution is 5.32. The van der Waals surface area contributed by atoms with Gasteiger partial charge in [0.05, 0.1) is 17.7 Å². The first kappa shape index (κ1) is 14.2. The average Bonchev–Trinajstić information content (AvgIpc) is 2.98. The van der Waals surface area contributed by atoms with Gasteiger partial charge < -0.3 is 5.32 Å². The Morgan fingerprint density at radius 2 is 2.25 bits per heavy atom. The van der Waals surface area contributed by atoms with Crippen molar-refractivity contribution in [2.24, 2.45) is 0 Å². The monoisotopic (exact) mass is 272 g/mol. The summed E-state index contributed by atoms with van der Waals surface area (Å²) in [6, 6.07) is 8.65. The van der Waals surface area contributed by atoms with Gasteiger partial charge in [0.25, 0.3) is 0 Å². The van der Waals surface area contributed by atoms with Gasteiger partial charge in [-0.05, 0) is 32.0 Å². The van der Waals surface area contributed by atoms with Gasteiger partial charge in [-0.2, -0.15) is 10.4 Å². The fourth-order valence-electron chi connectivity index (χ4n) is 1.95. The molecule has 1 aromatic carbocycles. The summed E-state index contributed by atoms with van der Waals surface area (Å²) < 4.78 is 15.6. The number of benzene rings is 1. The van der Waals surface area contributed by atoms with Crippen LogP contribution in [0, 0.1) is 17.1 Å². The second-order valence-corrected chi connectivity index (χ2v) is 4.81. The van der Waals surface area contributed by atoms with Crippen LogP contribution in [0.2, 0.25) is 0 Å². The van der Waals surface area contributed by atoms with E-state index in [0.29, 0.717) is 17.7 Å². The third kappa shape index (κ3) is 3.22. The maximum Gasteiger partial charge on any atom is 0.129 e. The standard InChI is InChI=1S/C15H17FN4/c1-11(12(2)20-7-3-6-19-20)18-10-14-5-4-13(9-17)8-15(14)16/h3-8,11-12,18H,10H2,1-2H3/t11-,12+/m0/s1. The van der Waals surface area contributed by atoms with Crippen molar-refractivity contribution in [2.45, 2.75) is 32.5 Å². The lowest BCUT2D eigenvalue weighted by Crippen LogP contribution is -2.33. The molecule has 0 spiro atoms. The quantitative estimate of drug-likeness (QED) is 0.910. The van der Waals surface area contributed by atoms with E-state index in [0.717, 1.165) is 0 Å². The highest BCUT2D eigenvalue weighted by Gasteiger charge is 2.14. The molecule has 0 saturated heterocycles. The Kier molecular flexibility index (Phi) is 4.49. The number of hydrogen-bond donors (Lipinski definition) is 1. The number of rotatable bonds is 5. The molecule has 0 radical (unpaired) electrons. The highest BCUT2D eigenvalue weighted by Crippen LogP contribution is 2.13. The van der Waals surface area contributed by atoms with Gasteiger partial charge in [-0.3, -0.25) is 4.68 Å². The molecular formula is C15H17FN4. The van der Waals surface area contributed by atoms with Crippen LogP contribution in [-0.4, -0.2) is 15.8 Å². The number of nitrogens with one attached hydrogen (secondary N) is 1. The molecule has 0 aliphatic carbocycles. The molecule has 5 heteroatoms. The second-order valence-electron chi connectivity index (χ2n) is 4.81. The van der Waals surface area contributed by atoms with Gasteiger partial charge in [-0.25, -0.2) is 4.39 Å². The molecule has 0 saturated carbocycles. The van der Waals surface area contributed by atoms with E-state index in [4.69, 9.17) is 5.26 Å². The molecule has 2 aromatic rings. The molecule has 1 N–H and O–H groups in total.